The van der Waals surface area contributed by atoms with E-state index in [4.69, 9.17) is 9.47 Å². The number of esters is 1. The number of hydrogen-bond acceptors (Lipinski definition) is 3. The second-order valence-electron chi connectivity index (χ2n) is 9.61. The highest BCUT2D eigenvalue weighted by Gasteiger charge is 2.39. The first-order chi connectivity index (χ1) is 14.2. The van der Waals surface area contributed by atoms with Crippen LogP contribution in [0.3, 0.4) is 0 Å². The molecule has 3 fully saturated rings. The van der Waals surface area contributed by atoms with Crippen LogP contribution < -0.4 is 9.47 Å². The zero-order chi connectivity index (χ0) is 20.2. The highest BCUT2D eigenvalue weighted by Crippen LogP contribution is 2.49. The molecule has 1 aromatic rings. The Kier molecular flexibility index (Phi) is 6.62. The Balaban J connectivity index is 1.24. The van der Waals surface area contributed by atoms with Gasteiger partial charge in [0.2, 0.25) is 0 Å². The molecule has 4 rings (SSSR count). The van der Waals surface area contributed by atoms with Crippen LogP contribution in [0.2, 0.25) is 0 Å². The van der Waals surface area contributed by atoms with Gasteiger partial charge in [0.1, 0.15) is 11.5 Å². The zero-order valence-electron chi connectivity index (χ0n) is 17.9. The summed E-state index contributed by atoms with van der Waals surface area (Å²) in [7, 11) is 1.64. The zero-order valence-corrected chi connectivity index (χ0v) is 17.9. The number of fused-ring (bicyclic) bond motifs is 1. The minimum absolute atomic E-state index is 0.0555. The van der Waals surface area contributed by atoms with Crippen molar-refractivity contribution in [3.05, 3.63) is 36.9 Å². The maximum absolute atomic E-state index is 12.6. The van der Waals surface area contributed by atoms with Crippen molar-refractivity contribution in [3.63, 3.8) is 0 Å². The van der Waals surface area contributed by atoms with Crippen LogP contribution in [0.15, 0.2) is 36.9 Å². The van der Waals surface area contributed by atoms with Crippen LogP contribution in [0.1, 0.15) is 64.2 Å². The fourth-order valence-corrected chi connectivity index (χ4v) is 6.27. The van der Waals surface area contributed by atoms with Crippen molar-refractivity contribution >= 4 is 5.97 Å². The van der Waals surface area contributed by atoms with Crippen LogP contribution in [-0.2, 0) is 4.79 Å². The minimum Gasteiger partial charge on any atom is -0.497 e. The normalized spacial score (nSPS) is 34.7. The molecule has 29 heavy (non-hydrogen) atoms. The lowest BCUT2D eigenvalue weighted by molar-refractivity contribution is -0.140. The van der Waals surface area contributed by atoms with Gasteiger partial charge in [-0.1, -0.05) is 6.08 Å². The Bertz CT molecular complexity index is 686. The van der Waals surface area contributed by atoms with E-state index < -0.39 is 0 Å². The summed E-state index contributed by atoms with van der Waals surface area (Å²) in [6.07, 6.45) is 14.9. The van der Waals surface area contributed by atoms with Crippen LogP contribution in [0.25, 0.3) is 0 Å². The first-order valence-corrected chi connectivity index (χ1v) is 11.6. The van der Waals surface area contributed by atoms with Crippen molar-refractivity contribution in [2.24, 2.45) is 35.5 Å². The fourth-order valence-electron chi connectivity index (χ4n) is 6.27. The number of carbonyl (C=O) groups excluding carboxylic acids is 1. The predicted molar refractivity (Wildman–Crippen MR) is 116 cm³/mol. The smallest absolute Gasteiger partial charge is 0.314 e. The molecule has 0 heterocycles. The van der Waals surface area contributed by atoms with E-state index in [0.717, 1.165) is 48.2 Å². The number of rotatable bonds is 5. The quantitative estimate of drug-likeness (QED) is 0.327. The van der Waals surface area contributed by atoms with Crippen molar-refractivity contribution in [1.82, 2.24) is 0 Å². The summed E-state index contributed by atoms with van der Waals surface area (Å²) in [5.41, 5.74) is 0. The number of allylic oxidation sites excluding steroid dienone is 1. The van der Waals surface area contributed by atoms with Crippen LogP contribution in [-0.4, -0.2) is 13.1 Å². The molecule has 3 saturated carbocycles. The summed E-state index contributed by atoms with van der Waals surface area (Å²) in [5, 5.41) is 0. The largest absolute Gasteiger partial charge is 0.497 e. The lowest BCUT2D eigenvalue weighted by Gasteiger charge is -2.45. The second kappa shape index (κ2) is 9.36. The Morgan fingerprint density at radius 2 is 1.38 bits per heavy atom. The third-order valence-electron chi connectivity index (χ3n) is 8.08. The Hall–Kier alpha value is -1.77. The van der Waals surface area contributed by atoms with E-state index >= 15 is 0 Å². The molecule has 158 valence electrons. The third-order valence-corrected chi connectivity index (χ3v) is 8.08. The van der Waals surface area contributed by atoms with Gasteiger partial charge < -0.3 is 9.47 Å². The molecule has 0 radical (unpaired) electrons. The lowest BCUT2D eigenvalue weighted by atomic mass is 9.61. The molecule has 3 heteroatoms. The fraction of sp³-hybridized carbons (Fsp3) is 0.654. The molecule has 0 amide bonds. The molecule has 1 aromatic carbocycles. The minimum atomic E-state index is -0.0555. The average molecular weight is 397 g/mol. The third kappa shape index (κ3) is 4.87. The first-order valence-electron chi connectivity index (χ1n) is 11.6. The van der Waals surface area contributed by atoms with Gasteiger partial charge in [-0.05, 0) is 118 Å². The molecular formula is C26H36O3. The molecule has 0 aliphatic heterocycles. The summed E-state index contributed by atoms with van der Waals surface area (Å²) in [6.45, 7) is 4.02. The molecular weight excluding hydrogens is 360 g/mol. The van der Waals surface area contributed by atoms with Crippen molar-refractivity contribution in [3.8, 4) is 11.5 Å². The molecule has 0 spiro atoms. The van der Waals surface area contributed by atoms with Crippen LogP contribution >= 0.6 is 0 Å². The van der Waals surface area contributed by atoms with Gasteiger partial charge in [0.15, 0.2) is 0 Å². The first kappa shape index (κ1) is 20.5. The maximum Gasteiger partial charge on any atom is 0.314 e. The molecule has 4 atom stereocenters. The lowest BCUT2D eigenvalue weighted by Crippen LogP contribution is -2.35. The monoisotopic (exact) mass is 396 g/mol. The second-order valence-corrected chi connectivity index (χ2v) is 9.61. The van der Waals surface area contributed by atoms with Gasteiger partial charge in [0.05, 0.1) is 13.0 Å². The topological polar surface area (TPSA) is 35.5 Å². The van der Waals surface area contributed by atoms with E-state index in [1.165, 1.54) is 51.4 Å². The van der Waals surface area contributed by atoms with Crippen LogP contribution in [0.5, 0.6) is 11.5 Å². The van der Waals surface area contributed by atoms with Gasteiger partial charge in [-0.3, -0.25) is 4.79 Å². The number of ether oxygens (including phenoxy) is 2. The van der Waals surface area contributed by atoms with Gasteiger partial charge in [-0.15, -0.1) is 6.58 Å². The number of carbonyl (C=O) groups is 1. The van der Waals surface area contributed by atoms with E-state index in [9.17, 15) is 4.79 Å². The molecule has 0 saturated heterocycles. The summed E-state index contributed by atoms with van der Waals surface area (Å²) < 4.78 is 10.8. The van der Waals surface area contributed by atoms with E-state index in [0.29, 0.717) is 5.75 Å². The van der Waals surface area contributed by atoms with Crippen molar-refractivity contribution in [2.45, 2.75) is 64.2 Å². The number of methoxy groups -OCH3 is 1. The van der Waals surface area contributed by atoms with E-state index in [2.05, 4.69) is 12.7 Å². The maximum atomic E-state index is 12.6. The summed E-state index contributed by atoms with van der Waals surface area (Å²) in [4.78, 5) is 12.6. The Morgan fingerprint density at radius 3 is 2.03 bits per heavy atom. The Labute approximate surface area is 175 Å². The van der Waals surface area contributed by atoms with Crippen molar-refractivity contribution in [1.29, 1.82) is 0 Å². The molecule has 4 unspecified atom stereocenters. The molecule has 0 aromatic heterocycles. The van der Waals surface area contributed by atoms with E-state index in [1.54, 1.807) is 7.11 Å². The van der Waals surface area contributed by atoms with Crippen LogP contribution in [0, 0.1) is 35.5 Å². The number of hydrogen-bond donors (Lipinski definition) is 0. The van der Waals surface area contributed by atoms with E-state index in [-0.39, 0.29) is 11.9 Å². The van der Waals surface area contributed by atoms with Gasteiger partial charge in [-0.2, -0.15) is 0 Å². The van der Waals surface area contributed by atoms with Gasteiger partial charge in [0.25, 0.3) is 0 Å². The number of benzene rings is 1. The molecule has 0 N–H and O–H groups in total. The van der Waals surface area contributed by atoms with E-state index in [1.807, 2.05) is 24.3 Å². The summed E-state index contributed by atoms with van der Waals surface area (Å²) >= 11 is 0. The standard InChI is InChI=1S/C26H36O3/c1-3-18-4-5-23-17-22(11-10-21(23)16-18)19-6-8-20(9-7-19)26(27)29-25-14-12-24(28-2)13-15-25/h3,12-15,18-23H,1,4-11,16-17H2,2H3. The van der Waals surface area contributed by atoms with Crippen molar-refractivity contribution in [2.75, 3.05) is 7.11 Å². The highest BCUT2D eigenvalue weighted by atomic mass is 16.5. The van der Waals surface area contributed by atoms with Gasteiger partial charge in [-0.25, -0.2) is 0 Å². The molecule has 3 aliphatic carbocycles. The molecule has 0 bridgehead atoms. The summed E-state index contributed by atoms with van der Waals surface area (Å²) in [6, 6.07) is 7.28. The van der Waals surface area contributed by atoms with Crippen molar-refractivity contribution < 1.29 is 14.3 Å². The van der Waals surface area contributed by atoms with Crippen LogP contribution in [0.4, 0.5) is 0 Å². The Morgan fingerprint density at radius 1 is 0.828 bits per heavy atom. The highest BCUT2D eigenvalue weighted by molar-refractivity contribution is 5.75. The van der Waals surface area contributed by atoms with Gasteiger partial charge in [0, 0.05) is 0 Å². The summed E-state index contributed by atoms with van der Waals surface area (Å²) in [5.74, 6) is 5.76. The average Bonchev–Trinajstić information content (AvgIpc) is 2.79. The SMILES string of the molecule is C=CC1CCC2CC(C3CCC(C(=O)Oc4ccc(OC)cc4)CC3)CCC2C1. The molecule has 3 nitrogen and oxygen atoms in total. The predicted octanol–water partition coefficient (Wildman–Crippen LogP) is 6.43. The van der Waals surface area contributed by atoms with Gasteiger partial charge >= 0.3 is 5.97 Å². The molecule has 3 aliphatic rings.